The van der Waals surface area contributed by atoms with E-state index in [4.69, 9.17) is 20.0 Å². The summed E-state index contributed by atoms with van der Waals surface area (Å²) in [5, 5.41) is 19.8. The zero-order chi connectivity index (χ0) is 31.9. The van der Waals surface area contributed by atoms with E-state index in [-0.39, 0.29) is 39.2 Å². The van der Waals surface area contributed by atoms with Crippen LogP contribution in [0.2, 0.25) is 0 Å². The molecule has 0 aliphatic heterocycles. The van der Waals surface area contributed by atoms with Gasteiger partial charge in [0.15, 0.2) is 5.90 Å². The molecule has 1 amide bonds. The van der Waals surface area contributed by atoms with Crippen molar-refractivity contribution in [1.29, 1.82) is 5.41 Å². The Balaban J connectivity index is 2.03. The second-order valence-corrected chi connectivity index (χ2v) is 14.3. The van der Waals surface area contributed by atoms with Gasteiger partial charge < -0.3 is 14.6 Å². The molecule has 0 saturated carbocycles. The van der Waals surface area contributed by atoms with Gasteiger partial charge in [-0.3, -0.25) is 15.5 Å². The Hall–Kier alpha value is -3.68. The zero-order valence-corrected chi connectivity index (χ0v) is 27.3. The van der Waals surface area contributed by atoms with E-state index >= 15 is 0 Å². The van der Waals surface area contributed by atoms with E-state index in [0.717, 1.165) is 16.9 Å². The number of aliphatic imine (C=N–C) groups is 1. The van der Waals surface area contributed by atoms with Crippen LogP contribution in [0.1, 0.15) is 51.0 Å². The van der Waals surface area contributed by atoms with Gasteiger partial charge in [0.25, 0.3) is 0 Å². The highest BCUT2D eigenvalue weighted by Gasteiger charge is 2.27. The lowest BCUT2D eigenvalue weighted by Crippen LogP contribution is -2.36. The number of nitrogens with one attached hydrogen (secondary N) is 2. The zero-order valence-electron chi connectivity index (χ0n) is 24.8. The maximum Gasteiger partial charge on any atom is 0.413 e. The van der Waals surface area contributed by atoms with E-state index in [2.05, 4.69) is 10.3 Å². The minimum atomic E-state index is -4.03. The lowest BCUT2D eigenvalue weighted by Gasteiger charge is -2.19. The summed E-state index contributed by atoms with van der Waals surface area (Å²) < 4.78 is 39.1. The Morgan fingerprint density at radius 1 is 1.12 bits per heavy atom. The average molecular weight is 646 g/mol. The molecule has 2 aromatic carbocycles. The minimum Gasteiger partial charge on any atom is -0.481 e. The molecule has 3 aromatic rings. The Labute approximate surface area is 260 Å². The first-order chi connectivity index (χ1) is 20.2. The number of amidine groups is 1. The number of nitrogens with zero attached hydrogens (tertiary/aromatic N) is 1. The predicted molar refractivity (Wildman–Crippen MR) is 170 cm³/mol. The van der Waals surface area contributed by atoms with Crippen molar-refractivity contribution in [3.05, 3.63) is 59.0 Å². The molecular weight excluding hydrogens is 611 g/mol. The maximum absolute atomic E-state index is 13.9. The lowest BCUT2D eigenvalue weighted by molar-refractivity contribution is -0.136. The Kier molecular flexibility index (Phi) is 11.2. The van der Waals surface area contributed by atoms with Crippen LogP contribution in [0.5, 0.6) is 0 Å². The van der Waals surface area contributed by atoms with Crippen molar-refractivity contribution in [2.45, 2.75) is 67.1 Å². The molecule has 13 heteroatoms. The largest absolute Gasteiger partial charge is 0.481 e. The summed E-state index contributed by atoms with van der Waals surface area (Å²) in [6, 6.07) is 13.4. The molecule has 0 fully saturated rings. The third kappa shape index (κ3) is 8.91. The third-order valence-electron chi connectivity index (χ3n) is 5.81. The van der Waals surface area contributed by atoms with Gasteiger partial charge >= 0.3 is 12.1 Å². The highest BCUT2D eigenvalue weighted by atomic mass is 32.2. The van der Waals surface area contributed by atoms with Crippen LogP contribution in [0.25, 0.3) is 11.1 Å². The number of thiophene rings is 1. The molecule has 0 aliphatic rings. The fourth-order valence-corrected chi connectivity index (χ4v) is 7.97. The SMILES string of the molecule is CCOC(CCC(=O)O)=Nc1cccc(C)c1-c1cccc(S(=O)(=O)c2cc(C(=N)NC(=O)OC(C)(C)C)sc2SC)c1. The number of alkyl carbamates (subject to hydrolysis) is 1. The van der Waals surface area contributed by atoms with Gasteiger partial charge in [0.2, 0.25) is 9.84 Å². The topological polar surface area (TPSA) is 155 Å². The van der Waals surface area contributed by atoms with Gasteiger partial charge in [0.1, 0.15) is 11.4 Å². The smallest absolute Gasteiger partial charge is 0.413 e. The fourth-order valence-electron chi connectivity index (χ4n) is 4.02. The van der Waals surface area contributed by atoms with Crippen molar-refractivity contribution >= 4 is 62.4 Å². The molecule has 1 aromatic heterocycles. The van der Waals surface area contributed by atoms with Crippen molar-refractivity contribution in [2.24, 2.45) is 4.99 Å². The highest BCUT2D eigenvalue weighted by Crippen LogP contribution is 2.39. The summed E-state index contributed by atoms with van der Waals surface area (Å²) in [7, 11) is -4.03. The van der Waals surface area contributed by atoms with E-state index in [1.54, 1.807) is 58.2 Å². The number of ether oxygens (including phenoxy) is 2. The van der Waals surface area contributed by atoms with Gasteiger partial charge in [-0.1, -0.05) is 24.3 Å². The second-order valence-electron chi connectivity index (χ2n) is 10.3. The van der Waals surface area contributed by atoms with Gasteiger partial charge in [0.05, 0.1) is 37.6 Å². The molecule has 10 nitrogen and oxygen atoms in total. The number of hydrogen-bond donors (Lipinski definition) is 3. The summed E-state index contributed by atoms with van der Waals surface area (Å²) in [5.74, 6) is -0.953. The number of thioether (sulfide) groups is 1. The number of aliphatic carboxylic acids is 1. The monoisotopic (exact) mass is 645 g/mol. The number of amides is 1. The summed E-state index contributed by atoms with van der Waals surface area (Å²) in [5.41, 5.74) is 1.90. The molecule has 3 rings (SSSR count). The van der Waals surface area contributed by atoms with Crippen LogP contribution in [0.3, 0.4) is 0 Å². The summed E-state index contributed by atoms with van der Waals surface area (Å²) >= 11 is 2.32. The number of rotatable bonds is 10. The summed E-state index contributed by atoms with van der Waals surface area (Å²) in [6.45, 7) is 9.10. The highest BCUT2D eigenvalue weighted by molar-refractivity contribution is 8.01. The van der Waals surface area contributed by atoms with Crippen molar-refractivity contribution in [3.63, 3.8) is 0 Å². The van der Waals surface area contributed by atoms with Crippen molar-refractivity contribution < 1.29 is 32.6 Å². The molecule has 3 N–H and O–H groups in total. The van der Waals surface area contributed by atoms with Gasteiger partial charge in [-0.15, -0.1) is 23.1 Å². The first-order valence-corrected chi connectivity index (χ1v) is 16.8. The molecule has 0 atom stereocenters. The number of carbonyl (C=O) groups excluding carboxylic acids is 1. The van der Waals surface area contributed by atoms with Crippen LogP contribution in [0.4, 0.5) is 10.5 Å². The van der Waals surface area contributed by atoms with Crippen molar-refractivity contribution in [2.75, 3.05) is 12.9 Å². The molecule has 0 radical (unpaired) electrons. The van der Waals surface area contributed by atoms with E-state index in [1.165, 1.54) is 23.9 Å². The molecular formula is C30H35N3O7S3. The van der Waals surface area contributed by atoms with E-state index in [0.29, 0.717) is 27.6 Å². The summed E-state index contributed by atoms with van der Waals surface area (Å²) in [6.07, 6.45) is 0.911. The van der Waals surface area contributed by atoms with Gasteiger partial charge in [-0.2, -0.15) is 0 Å². The molecule has 1 heterocycles. The number of sulfone groups is 1. The van der Waals surface area contributed by atoms with Gasteiger partial charge in [-0.05, 0) is 76.3 Å². The summed E-state index contributed by atoms with van der Waals surface area (Å²) in [4.78, 5) is 28.3. The minimum absolute atomic E-state index is 0.0308. The quantitative estimate of drug-likeness (QED) is 0.120. The van der Waals surface area contributed by atoms with Crippen LogP contribution >= 0.6 is 23.1 Å². The Morgan fingerprint density at radius 3 is 2.44 bits per heavy atom. The number of benzene rings is 2. The van der Waals surface area contributed by atoms with Crippen molar-refractivity contribution in [1.82, 2.24) is 5.32 Å². The molecule has 230 valence electrons. The van der Waals surface area contributed by atoms with Gasteiger partial charge in [0, 0.05) is 12.0 Å². The fraction of sp³-hybridized carbons (Fsp3) is 0.333. The van der Waals surface area contributed by atoms with E-state index in [9.17, 15) is 18.0 Å². The average Bonchev–Trinajstić information content (AvgIpc) is 3.37. The molecule has 43 heavy (non-hydrogen) atoms. The number of carboxylic acids is 1. The number of carboxylic acid groups (broad SMARTS) is 1. The first kappa shape index (κ1) is 33.8. The lowest BCUT2D eigenvalue weighted by atomic mass is 9.98. The molecule has 0 bridgehead atoms. The third-order valence-corrected chi connectivity index (χ3v) is 10.1. The maximum atomic E-state index is 13.9. The van der Waals surface area contributed by atoms with Crippen LogP contribution < -0.4 is 5.32 Å². The number of hydrogen-bond acceptors (Lipinski definition) is 10. The van der Waals surface area contributed by atoms with Gasteiger partial charge in [-0.25, -0.2) is 18.2 Å². The molecule has 0 unspecified atom stereocenters. The molecule has 0 spiro atoms. The Morgan fingerprint density at radius 2 is 1.81 bits per heavy atom. The molecule has 0 aliphatic carbocycles. The predicted octanol–water partition coefficient (Wildman–Crippen LogP) is 7.06. The van der Waals surface area contributed by atoms with E-state index < -0.39 is 27.5 Å². The molecule has 0 saturated heterocycles. The Bertz CT molecular complexity index is 1660. The number of aryl methyl sites for hydroxylation is 1. The first-order valence-electron chi connectivity index (χ1n) is 13.3. The standard InChI is InChI=1S/C30H35N3O7S3/c1-7-39-24(14-15-25(34)35)32-21-13-8-10-18(2)26(21)19-11-9-12-20(16-19)43(37,38)23-17-22(42-28(23)41-6)27(31)33-29(36)40-30(3,4)5/h8-13,16-17H,7,14-15H2,1-6H3,(H,34,35)(H2,31,33,36). The van der Waals surface area contributed by atoms with E-state index in [1.807, 2.05) is 19.1 Å². The second kappa shape index (κ2) is 14.2. The van der Waals surface area contributed by atoms with Crippen molar-refractivity contribution in [3.8, 4) is 11.1 Å². The van der Waals surface area contributed by atoms with Crippen LogP contribution in [-0.4, -0.2) is 55.8 Å². The van der Waals surface area contributed by atoms with Crippen LogP contribution in [0, 0.1) is 12.3 Å². The number of carbonyl (C=O) groups is 2. The van der Waals surface area contributed by atoms with Crippen LogP contribution in [0.15, 0.2) is 67.5 Å². The normalized spacial score (nSPS) is 12.1. The van der Waals surface area contributed by atoms with Crippen LogP contribution in [-0.2, 0) is 24.1 Å².